The third kappa shape index (κ3) is 6.44. The lowest BCUT2D eigenvalue weighted by Gasteiger charge is -2.13. The van der Waals surface area contributed by atoms with E-state index in [9.17, 15) is 19.7 Å². The third-order valence-electron chi connectivity index (χ3n) is 3.58. The molecule has 2 rings (SSSR count). The predicted molar refractivity (Wildman–Crippen MR) is 106 cm³/mol. The Balaban J connectivity index is 1.99. The van der Waals surface area contributed by atoms with Crippen LogP contribution >= 0.6 is 23.2 Å². The van der Waals surface area contributed by atoms with Gasteiger partial charge >= 0.3 is 5.97 Å². The van der Waals surface area contributed by atoms with E-state index < -0.39 is 22.8 Å². The molecular formula is C18H15Cl2N3O6. The molecule has 0 aliphatic heterocycles. The maximum atomic E-state index is 12.3. The molecule has 0 saturated carbocycles. The van der Waals surface area contributed by atoms with Crippen LogP contribution in [0.4, 0.5) is 5.69 Å². The molecule has 0 aliphatic rings. The molecule has 0 fully saturated rings. The Morgan fingerprint density at radius 1 is 1.24 bits per heavy atom. The Labute approximate surface area is 175 Å². The highest BCUT2D eigenvalue weighted by Gasteiger charge is 2.22. The number of halogens is 2. The number of carbonyl (C=O) groups is 2. The zero-order valence-corrected chi connectivity index (χ0v) is 16.5. The molecule has 0 heterocycles. The van der Waals surface area contributed by atoms with Gasteiger partial charge in [0.05, 0.1) is 28.8 Å². The lowest BCUT2D eigenvalue weighted by atomic mass is 10.2. The molecule has 0 aliphatic carbocycles. The standard InChI is InChI=1S/C18H15Cl2N3O6/c1-28-18(25)16(22-17(24)14-7-4-12(19)8-15(14)20)9-21-29-10-11-2-5-13(6-3-11)23(26)27/h2-9,16H,10H2,1H3,(H,22,24)/b21-9-/t16-/m1/s1. The molecule has 2 aromatic carbocycles. The van der Waals surface area contributed by atoms with Gasteiger partial charge in [-0.25, -0.2) is 4.79 Å². The summed E-state index contributed by atoms with van der Waals surface area (Å²) >= 11 is 11.8. The highest BCUT2D eigenvalue weighted by Crippen LogP contribution is 2.21. The minimum absolute atomic E-state index is 0.000649. The average molecular weight is 440 g/mol. The first-order chi connectivity index (χ1) is 13.8. The molecule has 0 saturated heterocycles. The quantitative estimate of drug-likeness (QED) is 0.291. The van der Waals surface area contributed by atoms with Crippen molar-refractivity contribution in [1.29, 1.82) is 0 Å². The van der Waals surface area contributed by atoms with Gasteiger partial charge in [-0.2, -0.15) is 0 Å². The van der Waals surface area contributed by atoms with Crippen molar-refractivity contribution in [3.8, 4) is 0 Å². The van der Waals surface area contributed by atoms with Crippen molar-refractivity contribution in [2.45, 2.75) is 12.6 Å². The first kappa shape index (κ1) is 22.1. The molecule has 0 spiro atoms. The second-order valence-electron chi connectivity index (χ2n) is 5.55. The summed E-state index contributed by atoms with van der Waals surface area (Å²) < 4.78 is 4.63. The van der Waals surface area contributed by atoms with Crippen molar-refractivity contribution in [3.05, 3.63) is 73.8 Å². The van der Waals surface area contributed by atoms with E-state index in [1.165, 1.54) is 42.5 Å². The van der Waals surface area contributed by atoms with Crippen molar-refractivity contribution in [2.75, 3.05) is 7.11 Å². The number of amides is 1. The van der Waals surface area contributed by atoms with E-state index in [0.29, 0.717) is 10.6 Å². The number of ether oxygens (including phenoxy) is 1. The number of oxime groups is 1. The van der Waals surface area contributed by atoms with Crippen LogP contribution in [0.5, 0.6) is 0 Å². The fourth-order valence-electron chi connectivity index (χ4n) is 2.11. The molecule has 0 bridgehead atoms. The first-order valence-corrected chi connectivity index (χ1v) is 8.80. The predicted octanol–water partition coefficient (Wildman–Crippen LogP) is 3.38. The highest BCUT2D eigenvalue weighted by molar-refractivity contribution is 6.36. The van der Waals surface area contributed by atoms with E-state index in [4.69, 9.17) is 28.0 Å². The Kier molecular flexibility index (Phi) is 7.93. The summed E-state index contributed by atoms with van der Waals surface area (Å²) in [6, 6.07) is 8.74. The van der Waals surface area contributed by atoms with Gasteiger partial charge in [0, 0.05) is 17.2 Å². The largest absolute Gasteiger partial charge is 0.467 e. The molecular weight excluding hydrogens is 425 g/mol. The molecule has 0 aromatic heterocycles. The van der Waals surface area contributed by atoms with E-state index in [1.807, 2.05) is 0 Å². The Hall–Kier alpha value is -3.17. The van der Waals surface area contributed by atoms with Crippen LogP contribution < -0.4 is 5.32 Å². The molecule has 11 heteroatoms. The lowest BCUT2D eigenvalue weighted by Crippen LogP contribution is -2.42. The van der Waals surface area contributed by atoms with Crippen LogP contribution in [0.2, 0.25) is 10.0 Å². The van der Waals surface area contributed by atoms with Gasteiger partial charge in [0.1, 0.15) is 6.61 Å². The smallest absolute Gasteiger partial charge is 0.334 e. The summed E-state index contributed by atoms with van der Waals surface area (Å²) in [5, 5.41) is 17.2. The maximum absolute atomic E-state index is 12.3. The summed E-state index contributed by atoms with van der Waals surface area (Å²) in [7, 11) is 1.16. The summed E-state index contributed by atoms with van der Waals surface area (Å²) in [5.41, 5.74) is 0.691. The van der Waals surface area contributed by atoms with Crippen LogP contribution in [-0.2, 0) is 21.0 Å². The Bertz CT molecular complexity index is 934. The number of nitro benzene ring substituents is 1. The minimum atomic E-state index is -1.23. The molecule has 1 amide bonds. The topological polar surface area (TPSA) is 120 Å². The molecule has 9 nitrogen and oxygen atoms in total. The number of esters is 1. The highest BCUT2D eigenvalue weighted by atomic mass is 35.5. The molecule has 152 valence electrons. The monoisotopic (exact) mass is 439 g/mol. The fourth-order valence-corrected chi connectivity index (χ4v) is 2.60. The van der Waals surface area contributed by atoms with E-state index in [2.05, 4.69) is 15.2 Å². The van der Waals surface area contributed by atoms with Gasteiger partial charge in [-0.1, -0.05) is 28.4 Å². The molecule has 1 N–H and O–H groups in total. The van der Waals surface area contributed by atoms with Crippen LogP contribution in [0.3, 0.4) is 0 Å². The van der Waals surface area contributed by atoms with E-state index in [1.54, 1.807) is 0 Å². The molecule has 0 radical (unpaired) electrons. The van der Waals surface area contributed by atoms with Gasteiger partial charge in [-0.15, -0.1) is 0 Å². The number of hydrogen-bond acceptors (Lipinski definition) is 7. The fraction of sp³-hybridized carbons (Fsp3) is 0.167. The van der Waals surface area contributed by atoms with Crippen molar-refractivity contribution in [2.24, 2.45) is 5.16 Å². The molecule has 0 unspecified atom stereocenters. The van der Waals surface area contributed by atoms with Crippen LogP contribution in [-0.4, -0.2) is 36.2 Å². The van der Waals surface area contributed by atoms with Gasteiger partial charge in [-0.3, -0.25) is 14.9 Å². The lowest BCUT2D eigenvalue weighted by molar-refractivity contribution is -0.384. The maximum Gasteiger partial charge on any atom is 0.334 e. The number of nitro groups is 1. The zero-order valence-electron chi connectivity index (χ0n) is 15.0. The van der Waals surface area contributed by atoms with Gasteiger partial charge in [0.2, 0.25) is 0 Å². The second kappa shape index (κ2) is 10.4. The van der Waals surface area contributed by atoms with E-state index >= 15 is 0 Å². The second-order valence-corrected chi connectivity index (χ2v) is 6.39. The third-order valence-corrected chi connectivity index (χ3v) is 4.13. The number of benzene rings is 2. The molecule has 2 aromatic rings. The number of carbonyl (C=O) groups excluding carboxylic acids is 2. The van der Waals surface area contributed by atoms with Gasteiger partial charge in [0.15, 0.2) is 6.04 Å². The first-order valence-electron chi connectivity index (χ1n) is 8.04. The SMILES string of the molecule is COC(=O)[C@@H](/C=N\OCc1ccc([N+](=O)[O-])cc1)NC(=O)c1ccc(Cl)cc1Cl. The molecule has 29 heavy (non-hydrogen) atoms. The summed E-state index contributed by atoms with van der Waals surface area (Å²) in [6.07, 6.45) is 1.05. The average Bonchev–Trinajstić information content (AvgIpc) is 2.69. The number of rotatable bonds is 8. The normalized spacial score (nSPS) is 11.7. The van der Waals surface area contributed by atoms with Crippen molar-refractivity contribution in [3.63, 3.8) is 0 Å². The number of nitrogens with zero attached hydrogens (tertiary/aromatic N) is 2. The van der Waals surface area contributed by atoms with Gasteiger partial charge < -0.3 is 14.9 Å². The van der Waals surface area contributed by atoms with E-state index in [-0.39, 0.29) is 22.9 Å². The van der Waals surface area contributed by atoms with Gasteiger partial charge in [-0.05, 0) is 35.9 Å². The molecule has 1 atom stereocenters. The number of hydrogen-bond donors (Lipinski definition) is 1. The van der Waals surface area contributed by atoms with Crippen LogP contribution in [0.25, 0.3) is 0 Å². The van der Waals surface area contributed by atoms with E-state index in [0.717, 1.165) is 13.3 Å². The van der Waals surface area contributed by atoms with Crippen molar-refractivity contribution >= 4 is 47.0 Å². The minimum Gasteiger partial charge on any atom is -0.467 e. The Morgan fingerprint density at radius 2 is 1.93 bits per heavy atom. The van der Waals surface area contributed by atoms with Crippen LogP contribution in [0.15, 0.2) is 47.6 Å². The van der Waals surface area contributed by atoms with Gasteiger partial charge in [0.25, 0.3) is 11.6 Å². The number of methoxy groups -OCH3 is 1. The summed E-state index contributed by atoms with van der Waals surface area (Å²) in [5.74, 6) is -1.41. The van der Waals surface area contributed by atoms with Crippen LogP contribution in [0.1, 0.15) is 15.9 Å². The summed E-state index contributed by atoms with van der Waals surface area (Å²) in [6.45, 7) is -0.000649. The number of nitrogens with one attached hydrogen (secondary N) is 1. The van der Waals surface area contributed by atoms with Crippen LogP contribution in [0, 0.1) is 10.1 Å². The van der Waals surface area contributed by atoms with Crippen molar-refractivity contribution in [1.82, 2.24) is 5.32 Å². The Morgan fingerprint density at radius 3 is 2.52 bits per heavy atom. The zero-order chi connectivity index (χ0) is 21.4. The number of non-ortho nitro benzene ring substituents is 1. The van der Waals surface area contributed by atoms with Crippen molar-refractivity contribution < 1.29 is 24.1 Å². The summed E-state index contributed by atoms with van der Waals surface area (Å²) in [4.78, 5) is 39.4.